The first-order valence-corrected chi connectivity index (χ1v) is 6.51. The van der Waals surface area contributed by atoms with E-state index in [9.17, 15) is 8.42 Å². The van der Waals surface area contributed by atoms with Crippen LogP contribution in [0.25, 0.3) is 0 Å². The van der Waals surface area contributed by atoms with Crippen LogP contribution in [-0.2, 0) is 14.6 Å². The second kappa shape index (κ2) is 3.51. The summed E-state index contributed by atoms with van der Waals surface area (Å²) in [4.78, 5) is 0. The summed E-state index contributed by atoms with van der Waals surface area (Å²) in [6.07, 6.45) is 7.26. The van der Waals surface area contributed by atoms with E-state index in [-0.39, 0.29) is 11.9 Å². The Morgan fingerprint density at radius 2 is 1.93 bits per heavy atom. The molecule has 1 fully saturated rings. The minimum atomic E-state index is -2.99. The highest BCUT2D eigenvalue weighted by Crippen LogP contribution is 2.23. The van der Waals surface area contributed by atoms with Crippen molar-refractivity contribution in [1.82, 2.24) is 0 Å². The monoisotopic (exact) mass is 214 g/mol. The van der Waals surface area contributed by atoms with E-state index in [0.29, 0.717) is 12.5 Å². The molecule has 1 heterocycles. The smallest absolute Gasteiger partial charge is 0.161 e. The van der Waals surface area contributed by atoms with Crippen LogP contribution in [0.3, 0.4) is 0 Å². The molecule has 2 rings (SSSR count). The molecule has 0 aromatic rings. The van der Waals surface area contributed by atoms with Crippen LogP contribution in [0.5, 0.6) is 0 Å². The summed E-state index contributed by atoms with van der Waals surface area (Å²) >= 11 is 0. The average Bonchev–Trinajstić information content (AvgIpc) is 2.29. The van der Waals surface area contributed by atoms with Gasteiger partial charge in [-0.1, -0.05) is 31.2 Å². The quantitative estimate of drug-likeness (QED) is 0.563. The molecule has 0 amide bonds. The Kier molecular flexibility index (Phi) is 2.49. The fourth-order valence-electron chi connectivity index (χ4n) is 1.76. The molecule has 1 saturated heterocycles. The molecule has 0 aromatic carbocycles. The summed E-state index contributed by atoms with van der Waals surface area (Å²) in [5.41, 5.74) is 0. The van der Waals surface area contributed by atoms with Crippen LogP contribution < -0.4 is 0 Å². The van der Waals surface area contributed by atoms with Crippen LogP contribution in [0.4, 0.5) is 0 Å². The highest BCUT2D eigenvalue weighted by atomic mass is 32.2. The maximum absolute atomic E-state index is 11.7. The molecule has 0 saturated carbocycles. The van der Waals surface area contributed by atoms with E-state index < -0.39 is 15.1 Å². The predicted octanol–water partition coefficient (Wildman–Crippen LogP) is 0.931. The first-order valence-electron chi connectivity index (χ1n) is 4.79. The number of sulfone groups is 1. The van der Waals surface area contributed by atoms with Gasteiger partial charge in [-0.25, -0.2) is 8.42 Å². The van der Waals surface area contributed by atoms with Gasteiger partial charge in [0, 0.05) is 0 Å². The van der Waals surface area contributed by atoms with Crippen molar-refractivity contribution < 1.29 is 13.2 Å². The van der Waals surface area contributed by atoms with Crippen LogP contribution >= 0.6 is 0 Å². The van der Waals surface area contributed by atoms with Crippen LogP contribution in [0.2, 0.25) is 0 Å². The highest BCUT2D eigenvalue weighted by Gasteiger charge is 2.35. The second-order valence-electron chi connectivity index (χ2n) is 3.80. The lowest BCUT2D eigenvalue weighted by molar-refractivity contribution is 0.0923. The molecule has 0 spiro atoms. The largest absolute Gasteiger partial charge is 0.371 e. The van der Waals surface area contributed by atoms with Crippen LogP contribution in [0, 0.1) is 5.92 Å². The summed E-state index contributed by atoms with van der Waals surface area (Å²) in [7, 11) is -2.99. The van der Waals surface area contributed by atoms with E-state index in [1.807, 2.05) is 25.2 Å². The minimum Gasteiger partial charge on any atom is -0.371 e. The zero-order valence-electron chi connectivity index (χ0n) is 8.09. The third kappa shape index (κ3) is 1.77. The van der Waals surface area contributed by atoms with Crippen molar-refractivity contribution in [1.29, 1.82) is 0 Å². The van der Waals surface area contributed by atoms with Gasteiger partial charge in [-0.15, -0.1) is 0 Å². The van der Waals surface area contributed by atoms with E-state index >= 15 is 0 Å². The minimum absolute atomic E-state index is 0.140. The highest BCUT2D eigenvalue weighted by molar-refractivity contribution is 7.92. The van der Waals surface area contributed by atoms with E-state index in [2.05, 4.69) is 0 Å². The van der Waals surface area contributed by atoms with Gasteiger partial charge < -0.3 is 4.74 Å². The SMILES string of the molecule is CC1C=CC2OCCS(=O)(=O)C2C=C1. The lowest BCUT2D eigenvalue weighted by Crippen LogP contribution is -2.41. The summed E-state index contributed by atoms with van der Waals surface area (Å²) in [6, 6.07) is 0. The lowest BCUT2D eigenvalue weighted by Gasteiger charge is -2.26. The maximum atomic E-state index is 11.7. The van der Waals surface area contributed by atoms with Crippen molar-refractivity contribution in [3.8, 4) is 0 Å². The van der Waals surface area contributed by atoms with Gasteiger partial charge in [0.15, 0.2) is 9.84 Å². The van der Waals surface area contributed by atoms with Gasteiger partial charge in [0.2, 0.25) is 0 Å². The molecule has 3 atom stereocenters. The lowest BCUT2D eigenvalue weighted by atomic mass is 10.2. The van der Waals surface area contributed by atoms with E-state index in [4.69, 9.17) is 4.74 Å². The first-order chi connectivity index (χ1) is 6.59. The number of hydrogen-bond donors (Lipinski definition) is 0. The van der Waals surface area contributed by atoms with Gasteiger partial charge in [-0.2, -0.15) is 0 Å². The Morgan fingerprint density at radius 1 is 1.21 bits per heavy atom. The summed E-state index contributed by atoms with van der Waals surface area (Å²) in [5, 5.41) is -0.475. The van der Waals surface area contributed by atoms with E-state index in [0.717, 1.165) is 0 Å². The molecule has 3 unspecified atom stereocenters. The Morgan fingerprint density at radius 3 is 2.71 bits per heavy atom. The molecular weight excluding hydrogens is 200 g/mol. The molecule has 0 bridgehead atoms. The van der Waals surface area contributed by atoms with Crippen molar-refractivity contribution in [2.45, 2.75) is 18.3 Å². The van der Waals surface area contributed by atoms with Gasteiger partial charge in [0.05, 0.1) is 18.5 Å². The molecule has 14 heavy (non-hydrogen) atoms. The van der Waals surface area contributed by atoms with Crippen LogP contribution in [0.1, 0.15) is 6.92 Å². The molecular formula is C10H14O3S. The van der Waals surface area contributed by atoms with Crippen molar-refractivity contribution >= 4 is 9.84 Å². The summed E-state index contributed by atoms with van der Waals surface area (Å²) in [6.45, 7) is 2.34. The molecule has 0 aromatic heterocycles. The number of fused-ring (bicyclic) bond motifs is 1. The fraction of sp³-hybridized carbons (Fsp3) is 0.600. The normalized spacial score (nSPS) is 40.2. The average molecular weight is 214 g/mol. The standard InChI is InChI=1S/C10H14O3S/c1-8-2-4-9-10(5-3-8)14(11,12)7-6-13-9/h2-5,8-10H,6-7H2,1H3. The number of rotatable bonds is 0. The number of hydrogen-bond acceptors (Lipinski definition) is 3. The predicted molar refractivity (Wildman–Crippen MR) is 54.8 cm³/mol. The van der Waals surface area contributed by atoms with E-state index in [1.165, 1.54) is 0 Å². The Hall–Kier alpha value is -0.610. The number of ether oxygens (including phenoxy) is 1. The van der Waals surface area contributed by atoms with Gasteiger partial charge in [0.25, 0.3) is 0 Å². The second-order valence-corrected chi connectivity index (χ2v) is 6.07. The Labute approximate surface area is 84.4 Å². The first kappa shape index (κ1) is 9.93. The Balaban J connectivity index is 2.36. The molecule has 2 aliphatic rings. The molecule has 0 N–H and O–H groups in total. The fourth-order valence-corrected chi connectivity index (χ4v) is 3.27. The summed E-state index contributed by atoms with van der Waals surface area (Å²) in [5.74, 6) is 0.431. The van der Waals surface area contributed by atoms with Crippen molar-refractivity contribution in [3.05, 3.63) is 24.3 Å². The number of allylic oxidation sites excluding steroid dienone is 2. The zero-order valence-corrected chi connectivity index (χ0v) is 8.91. The topological polar surface area (TPSA) is 43.4 Å². The molecule has 78 valence electrons. The van der Waals surface area contributed by atoms with Crippen molar-refractivity contribution in [2.24, 2.45) is 5.92 Å². The molecule has 3 nitrogen and oxygen atoms in total. The molecule has 1 aliphatic carbocycles. The van der Waals surface area contributed by atoms with Crippen LogP contribution in [0.15, 0.2) is 24.3 Å². The summed E-state index contributed by atoms with van der Waals surface area (Å²) < 4.78 is 28.8. The third-order valence-electron chi connectivity index (χ3n) is 2.63. The van der Waals surface area contributed by atoms with Gasteiger partial charge in [-0.3, -0.25) is 0 Å². The van der Waals surface area contributed by atoms with E-state index in [1.54, 1.807) is 6.08 Å². The molecule has 4 heteroatoms. The van der Waals surface area contributed by atoms with Gasteiger partial charge in [-0.05, 0) is 5.92 Å². The maximum Gasteiger partial charge on any atom is 0.161 e. The zero-order chi connectivity index (χ0) is 10.2. The Bertz CT molecular complexity index is 367. The molecule has 0 radical (unpaired) electrons. The van der Waals surface area contributed by atoms with Crippen LogP contribution in [-0.4, -0.2) is 32.1 Å². The van der Waals surface area contributed by atoms with Gasteiger partial charge >= 0.3 is 0 Å². The van der Waals surface area contributed by atoms with Crippen molar-refractivity contribution in [3.63, 3.8) is 0 Å². The third-order valence-corrected chi connectivity index (χ3v) is 4.62. The molecule has 1 aliphatic heterocycles. The van der Waals surface area contributed by atoms with Gasteiger partial charge in [0.1, 0.15) is 5.25 Å². The van der Waals surface area contributed by atoms with Crippen molar-refractivity contribution in [2.75, 3.05) is 12.4 Å².